The van der Waals surface area contributed by atoms with Crippen molar-refractivity contribution in [2.24, 2.45) is 10.9 Å². The minimum atomic E-state index is -0.259. The van der Waals surface area contributed by atoms with Crippen molar-refractivity contribution < 1.29 is 9.53 Å². The number of rotatable bonds is 6. The molecule has 0 aromatic heterocycles. The third-order valence-corrected chi connectivity index (χ3v) is 4.73. The normalized spacial score (nSPS) is 17.6. The van der Waals surface area contributed by atoms with E-state index in [2.05, 4.69) is 63.5 Å². The third kappa shape index (κ3) is 7.26. The highest BCUT2D eigenvalue weighted by Crippen LogP contribution is 2.25. The first-order valence-corrected chi connectivity index (χ1v) is 10.7. The summed E-state index contributed by atoms with van der Waals surface area (Å²) in [6.07, 6.45) is 0.936. The number of benzene rings is 1. The first kappa shape index (κ1) is 23.0. The Bertz CT molecular complexity index is 722. The molecule has 6 heteroatoms. The number of hydrogen-bond acceptors (Lipinski definition) is 3. The van der Waals surface area contributed by atoms with Crippen LogP contribution in [0.4, 0.5) is 0 Å². The van der Waals surface area contributed by atoms with Crippen LogP contribution < -0.4 is 15.4 Å². The van der Waals surface area contributed by atoms with Crippen molar-refractivity contribution in [1.29, 1.82) is 0 Å². The summed E-state index contributed by atoms with van der Waals surface area (Å²) < 4.78 is 6.15. The SMILES string of the molecule is CCNC(=NCc1ccc(C)cc1OC(C)(C)C)NC1CCN(C(=O)C(C)C)C1. The number of amides is 1. The number of aryl methyl sites for hydroxylation is 1. The fraction of sp³-hybridized carbons (Fsp3) is 0.652. The van der Waals surface area contributed by atoms with Gasteiger partial charge in [0.1, 0.15) is 11.4 Å². The molecular formula is C23H38N4O2. The number of guanidine groups is 1. The van der Waals surface area contributed by atoms with Crippen LogP contribution in [0.5, 0.6) is 5.75 Å². The highest BCUT2D eigenvalue weighted by Gasteiger charge is 2.28. The second-order valence-electron chi connectivity index (χ2n) is 9.09. The highest BCUT2D eigenvalue weighted by atomic mass is 16.5. The fourth-order valence-corrected chi connectivity index (χ4v) is 3.34. The number of ether oxygens (including phenoxy) is 1. The summed E-state index contributed by atoms with van der Waals surface area (Å²) in [5.74, 6) is 1.92. The predicted octanol–water partition coefficient (Wildman–Crippen LogP) is 3.48. The van der Waals surface area contributed by atoms with Gasteiger partial charge in [0, 0.05) is 37.2 Å². The Balaban J connectivity index is 2.07. The Morgan fingerprint density at radius 1 is 1.34 bits per heavy atom. The quantitative estimate of drug-likeness (QED) is 0.565. The van der Waals surface area contributed by atoms with E-state index in [4.69, 9.17) is 9.73 Å². The van der Waals surface area contributed by atoms with Gasteiger partial charge in [-0.05, 0) is 52.7 Å². The van der Waals surface area contributed by atoms with Crippen molar-refractivity contribution in [3.63, 3.8) is 0 Å². The molecule has 1 aliphatic rings. The Morgan fingerprint density at radius 3 is 2.69 bits per heavy atom. The highest BCUT2D eigenvalue weighted by molar-refractivity contribution is 5.81. The maximum Gasteiger partial charge on any atom is 0.225 e. The van der Waals surface area contributed by atoms with Crippen molar-refractivity contribution in [3.8, 4) is 5.75 Å². The summed E-state index contributed by atoms with van der Waals surface area (Å²) in [7, 11) is 0. The van der Waals surface area contributed by atoms with E-state index in [0.29, 0.717) is 6.54 Å². The van der Waals surface area contributed by atoms with Gasteiger partial charge in [-0.1, -0.05) is 26.0 Å². The number of carbonyl (C=O) groups is 1. The molecule has 1 saturated heterocycles. The fourth-order valence-electron chi connectivity index (χ4n) is 3.34. The van der Waals surface area contributed by atoms with Crippen molar-refractivity contribution in [2.45, 2.75) is 73.1 Å². The zero-order valence-corrected chi connectivity index (χ0v) is 19.1. The molecule has 1 fully saturated rings. The van der Waals surface area contributed by atoms with Gasteiger partial charge in [-0.2, -0.15) is 0 Å². The summed E-state index contributed by atoms with van der Waals surface area (Å²) in [6, 6.07) is 6.47. The zero-order valence-electron chi connectivity index (χ0n) is 19.1. The number of nitrogens with one attached hydrogen (secondary N) is 2. The minimum absolute atomic E-state index is 0.0402. The van der Waals surface area contributed by atoms with Crippen LogP contribution in [0.25, 0.3) is 0 Å². The number of likely N-dealkylation sites (tertiary alicyclic amines) is 1. The largest absolute Gasteiger partial charge is 0.488 e. The van der Waals surface area contributed by atoms with Gasteiger partial charge < -0.3 is 20.3 Å². The molecule has 29 heavy (non-hydrogen) atoms. The van der Waals surface area contributed by atoms with E-state index in [1.165, 1.54) is 5.56 Å². The molecule has 0 radical (unpaired) electrons. The van der Waals surface area contributed by atoms with Crippen LogP contribution in [0.3, 0.4) is 0 Å². The molecule has 2 rings (SSSR count). The van der Waals surface area contributed by atoms with Gasteiger partial charge in [0.2, 0.25) is 5.91 Å². The topological polar surface area (TPSA) is 66.0 Å². The lowest BCUT2D eigenvalue weighted by atomic mass is 10.1. The Kier molecular flexibility index (Phi) is 7.94. The minimum Gasteiger partial charge on any atom is -0.488 e. The Labute approximate surface area is 176 Å². The Hall–Kier alpha value is -2.24. The van der Waals surface area contributed by atoms with Crippen molar-refractivity contribution in [1.82, 2.24) is 15.5 Å². The van der Waals surface area contributed by atoms with E-state index in [1.807, 2.05) is 18.7 Å². The van der Waals surface area contributed by atoms with Crippen molar-refractivity contribution in [2.75, 3.05) is 19.6 Å². The lowest BCUT2D eigenvalue weighted by Crippen LogP contribution is -2.45. The van der Waals surface area contributed by atoms with Crippen LogP contribution >= 0.6 is 0 Å². The van der Waals surface area contributed by atoms with E-state index in [-0.39, 0.29) is 23.5 Å². The molecule has 1 unspecified atom stereocenters. The van der Waals surface area contributed by atoms with Crippen LogP contribution in [-0.2, 0) is 11.3 Å². The van der Waals surface area contributed by atoms with Gasteiger partial charge in [0.05, 0.1) is 6.54 Å². The molecule has 1 aromatic carbocycles. The van der Waals surface area contributed by atoms with Gasteiger partial charge in [0.15, 0.2) is 5.96 Å². The van der Waals surface area contributed by atoms with Gasteiger partial charge in [-0.25, -0.2) is 4.99 Å². The monoisotopic (exact) mass is 402 g/mol. The summed E-state index contributed by atoms with van der Waals surface area (Å²) >= 11 is 0. The van der Waals surface area contributed by atoms with E-state index >= 15 is 0 Å². The number of hydrogen-bond donors (Lipinski definition) is 2. The Morgan fingerprint density at radius 2 is 2.07 bits per heavy atom. The van der Waals surface area contributed by atoms with E-state index in [1.54, 1.807) is 0 Å². The van der Waals surface area contributed by atoms with E-state index < -0.39 is 0 Å². The molecule has 1 amide bonds. The molecular weight excluding hydrogens is 364 g/mol. The zero-order chi connectivity index (χ0) is 21.6. The molecule has 1 aromatic rings. The average molecular weight is 403 g/mol. The lowest BCUT2D eigenvalue weighted by Gasteiger charge is -2.23. The summed E-state index contributed by atoms with van der Waals surface area (Å²) in [4.78, 5) is 19.0. The molecule has 0 spiro atoms. The van der Waals surface area contributed by atoms with Crippen LogP contribution in [0.1, 0.15) is 59.1 Å². The molecule has 0 aliphatic carbocycles. The van der Waals surface area contributed by atoms with E-state index in [9.17, 15) is 4.79 Å². The summed E-state index contributed by atoms with van der Waals surface area (Å²) in [5, 5.41) is 6.81. The molecule has 6 nitrogen and oxygen atoms in total. The second kappa shape index (κ2) is 9.99. The van der Waals surface area contributed by atoms with Crippen LogP contribution in [0.15, 0.2) is 23.2 Å². The average Bonchev–Trinajstić information content (AvgIpc) is 3.07. The molecule has 0 bridgehead atoms. The van der Waals surface area contributed by atoms with Gasteiger partial charge in [0.25, 0.3) is 0 Å². The second-order valence-corrected chi connectivity index (χ2v) is 9.09. The van der Waals surface area contributed by atoms with E-state index in [0.717, 1.165) is 43.3 Å². The predicted molar refractivity (Wildman–Crippen MR) is 119 cm³/mol. The smallest absolute Gasteiger partial charge is 0.225 e. The standard InChI is InChI=1S/C23H38N4O2/c1-8-24-22(26-19-11-12-27(15-19)21(28)16(2)3)25-14-18-10-9-17(4)13-20(18)29-23(5,6)7/h9-10,13,16,19H,8,11-12,14-15H2,1-7H3,(H2,24,25,26). The molecule has 162 valence electrons. The first-order chi connectivity index (χ1) is 13.6. The molecule has 0 saturated carbocycles. The summed E-state index contributed by atoms with van der Waals surface area (Å²) in [6.45, 7) is 17.0. The van der Waals surface area contributed by atoms with Gasteiger partial charge in [-0.3, -0.25) is 4.79 Å². The molecule has 1 atom stereocenters. The third-order valence-electron chi connectivity index (χ3n) is 4.73. The van der Waals surface area contributed by atoms with Crippen molar-refractivity contribution in [3.05, 3.63) is 29.3 Å². The summed E-state index contributed by atoms with van der Waals surface area (Å²) in [5.41, 5.74) is 1.97. The number of nitrogens with zero attached hydrogens (tertiary/aromatic N) is 2. The van der Waals surface area contributed by atoms with Gasteiger partial charge in [-0.15, -0.1) is 0 Å². The first-order valence-electron chi connectivity index (χ1n) is 10.7. The van der Waals surface area contributed by atoms with Crippen molar-refractivity contribution >= 4 is 11.9 Å². The number of aliphatic imine (C=N–C) groups is 1. The lowest BCUT2D eigenvalue weighted by molar-refractivity contribution is -0.133. The van der Waals surface area contributed by atoms with Crippen LogP contribution in [0.2, 0.25) is 0 Å². The maximum absolute atomic E-state index is 12.2. The molecule has 2 N–H and O–H groups in total. The molecule has 1 aliphatic heterocycles. The van der Waals surface area contributed by atoms with Crippen LogP contribution in [-0.4, -0.2) is 48.0 Å². The number of carbonyl (C=O) groups excluding carboxylic acids is 1. The molecule has 1 heterocycles. The van der Waals surface area contributed by atoms with Gasteiger partial charge >= 0.3 is 0 Å². The van der Waals surface area contributed by atoms with Crippen LogP contribution in [0, 0.1) is 12.8 Å². The maximum atomic E-state index is 12.2.